The maximum Gasteiger partial charge on any atom is 0.251 e. The Labute approximate surface area is 107 Å². The van der Waals surface area contributed by atoms with Gasteiger partial charge < -0.3 is 16.4 Å². The van der Waals surface area contributed by atoms with Gasteiger partial charge in [-0.3, -0.25) is 9.59 Å². The van der Waals surface area contributed by atoms with Gasteiger partial charge in [-0.05, 0) is 31.0 Å². The zero-order chi connectivity index (χ0) is 13.7. The van der Waals surface area contributed by atoms with Crippen LogP contribution >= 0.6 is 0 Å². The fraction of sp³-hybridized carbons (Fsp3) is 0.385. The minimum Gasteiger partial charge on any atom is -0.398 e. The first-order chi connectivity index (χ1) is 8.41. The monoisotopic (exact) mass is 249 g/mol. The van der Waals surface area contributed by atoms with Crippen molar-refractivity contribution < 1.29 is 9.59 Å². The second-order valence-electron chi connectivity index (χ2n) is 4.26. The molecule has 2 amide bonds. The minimum atomic E-state index is -0.176. The summed E-state index contributed by atoms with van der Waals surface area (Å²) in [6.45, 7) is 6.02. The Balaban J connectivity index is 2.62. The minimum absolute atomic E-state index is 0.111. The average Bonchev–Trinajstić information content (AvgIpc) is 2.28. The summed E-state index contributed by atoms with van der Waals surface area (Å²) in [6, 6.07) is 3.57. The van der Waals surface area contributed by atoms with E-state index in [0.29, 0.717) is 24.3 Å². The number of anilines is 1. The summed E-state index contributed by atoms with van der Waals surface area (Å²) < 4.78 is 0. The van der Waals surface area contributed by atoms with E-state index in [0.717, 1.165) is 11.1 Å². The van der Waals surface area contributed by atoms with Crippen molar-refractivity contribution in [1.82, 2.24) is 10.6 Å². The standard InChI is InChI=1S/C13H19N3O2/c1-8-6-9(2)12(14)7-11(8)13(18)16-5-4-15-10(3)17/h6-7H,4-5,14H2,1-3H3,(H,15,17)(H,16,18). The van der Waals surface area contributed by atoms with Crippen molar-refractivity contribution in [1.29, 1.82) is 0 Å². The first-order valence-corrected chi connectivity index (χ1v) is 5.81. The second-order valence-corrected chi connectivity index (χ2v) is 4.26. The van der Waals surface area contributed by atoms with Gasteiger partial charge in [-0.15, -0.1) is 0 Å². The number of nitrogen functional groups attached to an aromatic ring is 1. The largest absolute Gasteiger partial charge is 0.398 e. The van der Waals surface area contributed by atoms with Crippen molar-refractivity contribution in [3.05, 3.63) is 28.8 Å². The van der Waals surface area contributed by atoms with Crippen LogP contribution in [0.3, 0.4) is 0 Å². The van der Waals surface area contributed by atoms with Crippen LogP contribution in [-0.4, -0.2) is 24.9 Å². The first-order valence-electron chi connectivity index (χ1n) is 5.81. The molecule has 98 valence electrons. The van der Waals surface area contributed by atoms with E-state index in [1.165, 1.54) is 6.92 Å². The van der Waals surface area contributed by atoms with Gasteiger partial charge in [0.2, 0.25) is 5.91 Å². The second kappa shape index (κ2) is 6.05. The predicted octanol–water partition coefficient (Wildman–Crippen LogP) is 0.752. The topological polar surface area (TPSA) is 84.2 Å². The van der Waals surface area contributed by atoms with Crippen LogP contribution in [0.5, 0.6) is 0 Å². The molecule has 4 N–H and O–H groups in total. The number of aryl methyl sites for hydroxylation is 2. The molecular formula is C13H19N3O2. The first kappa shape index (κ1) is 14.0. The predicted molar refractivity (Wildman–Crippen MR) is 71.3 cm³/mol. The van der Waals surface area contributed by atoms with E-state index in [2.05, 4.69) is 10.6 Å². The molecular weight excluding hydrogens is 230 g/mol. The quantitative estimate of drug-likeness (QED) is 0.544. The summed E-state index contributed by atoms with van der Waals surface area (Å²) in [6.07, 6.45) is 0. The Morgan fingerprint density at radius 1 is 1.11 bits per heavy atom. The van der Waals surface area contributed by atoms with E-state index in [4.69, 9.17) is 5.73 Å². The molecule has 0 aliphatic carbocycles. The van der Waals surface area contributed by atoms with E-state index in [1.807, 2.05) is 19.9 Å². The summed E-state index contributed by atoms with van der Waals surface area (Å²) >= 11 is 0. The molecule has 1 aromatic rings. The SMILES string of the molecule is CC(=O)NCCNC(=O)c1cc(N)c(C)cc1C. The number of amides is 2. The van der Waals surface area contributed by atoms with E-state index in [-0.39, 0.29) is 11.8 Å². The molecule has 5 heteroatoms. The number of carbonyl (C=O) groups excluding carboxylic acids is 2. The molecule has 1 aromatic carbocycles. The summed E-state index contributed by atoms with van der Waals surface area (Å²) in [5, 5.41) is 5.34. The van der Waals surface area contributed by atoms with Gasteiger partial charge in [-0.1, -0.05) is 6.07 Å². The molecule has 0 saturated carbocycles. The Morgan fingerprint density at radius 2 is 1.72 bits per heavy atom. The molecule has 0 aromatic heterocycles. The lowest BCUT2D eigenvalue weighted by Crippen LogP contribution is -2.34. The van der Waals surface area contributed by atoms with Gasteiger partial charge in [0.05, 0.1) is 0 Å². The van der Waals surface area contributed by atoms with Crippen molar-refractivity contribution in [2.24, 2.45) is 0 Å². The Kier molecular flexibility index (Phi) is 4.71. The Bertz CT molecular complexity index is 470. The number of hydrogen-bond donors (Lipinski definition) is 3. The van der Waals surface area contributed by atoms with Gasteiger partial charge >= 0.3 is 0 Å². The Hall–Kier alpha value is -2.04. The van der Waals surface area contributed by atoms with Crippen LogP contribution < -0.4 is 16.4 Å². The number of nitrogens with one attached hydrogen (secondary N) is 2. The molecule has 0 heterocycles. The van der Waals surface area contributed by atoms with Gasteiger partial charge in [0, 0.05) is 31.3 Å². The van der Waals surface area contributed by atoms with Crippen LogP contribution in [0.4, 0.5) is 5.69 Å². The highest BCUT2D eigenvalue weighted by atomic mass is 16.2. The molecule has 0 bridgehead atoms. The third-order valence-electron chi connectivity index (χ3n) is 2.64. The van der Waals surface area contributed by atoms with Gasteiger partial charge in [-0.25, -0.2) is 0 Å². The lowest BCUT2D eigenvalue weighted by molar-refractivity contribution is -0.118. The zero-order valence-electron chi connectivity index (χ0n) is 11.0. The summed E-state index contributed by atoms with van der Waals surface area (Å²) in [5.41, 5.74) is 8.81. The van der Waals surface area contributed by atoms with Crippen molar-refractivity contribution in [2.75, 3.05) is 18.8 Å². The van der Waals surface area contributed by atoms with Crippen LogP contribution in [-0.2, 0) is 4.79 Å². The maximum atomic E-state index is 11.9. The van der Waals surface area contributed by atoms with Crippen LogP contribution in [0.1, 0.15) is 28.4 Å². The molecule has 0 aliphatic heterocycles. The molecule has 5 nitrogen and oxygen atoms in total. The van der Waals surface area contributed by atoms with E-state index in [9.17, 15) is 9.59 Å². The molecule has 0 unspecified atom stereocenters. The zero-order valence-corrected chi connectivity index (χ0v) is 11.0. The lowest BCUT2D eigenvalue weighted by atomic mass is 10.0. The molecule has 18 heavy (non-hydrogen) atoms. The normalized spacial score (nSPS) is 9.94. The van der Waals surface area contributed by atoms with Crippen LogP contribution in [0.2, 0.25) is 0 Å². The van der Waals surface area contributed by atoms with Crippen molar-refractivity contribution in [3.63, 3.8) is 0 Å². The summed E-state index contributed by atoms with van der Waals surface area (Å²) in [7, 11) is 0. The molecule has 0 spiro atoms. The summed E-state index contributed by atoms with van der Waals surface area (Å²) in [5.74, 6) is -0.287. The number of nitrogens with two attached hydrogens (primary N) is 1. The third-order valence-corrected chi connectivity index (χ3v) is 2.64. The van der Waals surface area contributed by atoms with Gasteiger partial charge in [0.15, 0.2) is 0 Å². The number of rotatable bonds is 4. The van der Waals surface area contributed by atoms with Crippen molar-refractivity contribution in [3.8, 4) is 0 Å². The Morgan fingerprint density at radius 3 is 2.33 bits per heavy atom. The van der Waals surface area contributed by atoms with Gasteiger partial charge in [-0.2, -0.15) is 0 Å². The van der Waals surface area contributed by atoms with Gasteiger partial charge in [0.25, 0.3) is 5.91 Å². The number of hydrogen-bond acceptors (Lipinski definition) is 3. The van der Waals surface area contributed by atoms with Crippen molar-refractivity contribution >= 4 is 17.5 Å². The molecule has 0 saturated heterocycles. The number of carbonyl (C=O) groups is 2. The molecule has 0 radical (unpaired) electrons. The van der Waals surface area contributed by atoms with Crippen molar-refractivity contribution in [2.45, 2.75) is 20.8 Å². The third kappa shape index (κ3) is 3.76. The highest BCUT2D eigenvalue weighted by molar-refractivity contribution is 5.96. The molecule has 1 rings (SSSR count). The highest BCUT2D eigenvalue weighted by Crippen LogP contribution is 2.17. The molecule has 0 aliphatic rings. The van der Waals surface area contributed by atoms with Crippen LogP contribution in [0.25, 0.3) is 0 Å². The lowest BCUT2D eigenvalue weighted by Gasteiger charge is -2.10. The summed E-state index contributed by atoms with van der Waals surface area (Å²) in [4.78, 5) is 22.5. The smallest absolute Gasteiger partial charge is 0.251 e. The van der Waals surface area contributed by atoms with Crippen LogP contribution in [0.15, 0.2) is 12.1 Å². The fourth-order valence-corrected chi connectivity index (χ4v) is 1.62. The van der Waals surface area contributed by atoms with E-state index >= 15 is 0 Å². The fourth-order valence-electron chi connectivity index (χ4n) is 1.62. The molecule has 0 fully saturated rings. The van der Waals surface area contributed by atoms with Gasteiger partial charge in [0.1, 0.15) is 0 Å². The van der Waals surface area contributed by atoms with E-state index in [1.54, 1.807) is 6.07 Å². The average molecular weight is 249 g/mol. The highest BCUT2D eigenvalue weighted by Gasteiger charge is 2.10. The maximum absolute atomic E-state index is 11.9. The molecule has 0 atom stereocenters. The van der Waals surface area contributed by atoms with E-state index < -0.39 is 0 Å². The number of benzene rings is 1. The van der Waals surface area contributed by atoms with Crippen LogP contribution in [0, 0.1) is 13.8 Å².